The molecule has 2 aromatic heterocycles. The van der Waals surface area contributed by atoms with Crippen molar-refractivity contribution in [3.63, 3.8) is 0 Å². The van der Waals surface area contributed by atoms with Crippen molar-refractivity contribution in [1.82, 2.24) is 30.1 Å². The monoisotopic (exact) mass is 420 g/mol. The molecule has 3 heterocycles. The van der Waals surface area contributed by atoms with Gasteiger partial charge in [0.15, 0.2) is 0 Å². The van der Waals surface area contributed by atoms with Crippen molar-refractivity contribution in [1.29, 1.82) is 0 Å². The summed E-state index contributed by atoms with van der Waals surface area (Å²) in [7, 11) is 0. The number of nitrogens with zero attached hydrogens (tertiary/aromatic N) is 5. The lowest BCUT2D eigenvalue weighted by Gasteiger charge is -2.38. The molecule has 1 atom stereocenters. The van der Waals surface area contributed by atoms with Gasteiger partial charge in [0.1, 0.15) is 0 Å². The number of likely N-dealkylation sites (tertiary alicyclic amines) is 1. The number of carbonyl (C=O) groups excluding carboxylic acids is 2. The molecule has 0 unspecified atom stereocenters. The maximum atomic E-state index is 12.8. The molecular weight excluding hydrogens is 396 g/mol. The maximum absolute atomic E-state index is 12.8. The van der Waals surface area contributed by atoms with Gasteiger partial charge in [-0.2, -0.15) is 10.1 Å². The van der Waals surface area contributed by atoms with Crippen LogP contribution < -0.4 is 5.32 Å². The van der Waals surface area contributed by atoms with Crippen LogP contribution in [0.4, 0.5) is 0 Å². The summed E-state index contributed by atoms with van der Waals surface area (Å²) in [5.74, 6) is 1.15. The summed E-state index contributed by atoms with van der Waals surface area (Å²) in [4.78, 5) is 30.3. The number of rotatable bonds is 5. The van der Waals surface area contributed by atoms with E-state index in [-0.39, 0.29) is 23.9 Å². The summed E-state index contributed by atoms with van der Waals surface area (Å²) in [6.45, 7) is 4.81. The van der Waals surface area contributed by atoms with Gasteiger partial charge in [-0.1, -0.05) is 24.2 Å². The molecule has 9 heteroatoms. The average Bonchev–Trinajstić information content (AvgIpc) is 3.46. The Morgan fingerprint density at radius 3 is 2.87 bits per heavy atom. The number of carbonyl (C=O) groups is 2. The minimum atomic E-state index is -0.137. The van der Waals surface area contributed by atoms with Crippen molar-refractivity contribution >= 4 is 11.8 Å². The number of fused-ring (bicyclic) bond motifs is 1. The van der Waals surface area contributed by atoms with Gasteiger partial charge in [0.25, 0.3) is 5.91 Å². The van der Waals surface area contributed by atoms with E-state index in [2.05, 4.69) is 26.6 Å². The zero-order valence-electron chi connectivity index (χ0n) is 17.5. The first kappa shape index (κ1) is 19.5. The smallest absolute Gasteiger partial charge is 0.254 e. The van der Waals surface area contributed by atoms with E-state index in [9.17, 15) is 9.59 Å². The number of benzene rings is 1. The molecule has 1 N–H and O–H groups in total. The van der Waals surface area contributed by atoms with Gasteiger partial charge in [-0.25, -0.2) is 0 Å². The lowest BCUT2D eigenvalue weighted by Crippen LogP contribution is -2.50. The van der Waals surface area contributed by atoms with Crippen molar-refractivity contribution in [2.45, 2.75) is 45.2 Å². The first-order valence-corrected chi connectivity index (χ1v) is 10.6. The van der Waals surface area contributed by atoms with Crippen LogP contribution in [-0.2, 0) is 17.6 Å². The van der Waals surface area contributed by atoms with Crippen LogP contribution in [0.5, 0.6) is 0 Å². The predicted octanol–water partition coefficient (Wildman–Crippen LogP) is 2.32. The molecule has 2 aliphatic rings. The SMILES string of the molecule is CCc1nc(-c2ccc3c(c2)CC[C@H]3NC(=O)c2cnn(C3CN(C(C)=O)C3)c2)no1. The van der Waals surface area contributed by atoms with E-state index in [4.69, 9.17) is 4.52 Å². The van der Waals surface area contributed by atoms with Crippen LogP contribution in [0.25, 0.3) is 11.4 Å². The van der Waals surface area contributed by atoms with Crippen molar-refractivity contribution in [2.24, 2.45) is 0 Å². The minimum absolute atomic E-state index is 0.0340. The molecule has 1 aromatic carbocycles. The van der Waals surface area contributed by atoms with Crippen molar-refractivity contribution in [3.8, 4) is 11.4 Å². The van der Waals surface area contributed by atoms with Gasteiger partial charge in [-0.05, 0) is 30.0 Å². The quantitative estimate of drug-likeness (QED) is 0.679. The Kier molecular flexibility index (Phi) is 4.80. The lowest BCUT2D eigenvalue weighted by molar-refractivity contribution is -0.134. The van der Waals surface area contributed by atoms with Crippen LogP contribution in [-0.4, -0.2) is 49.7 Å². The molecule has 0 bridgehead atoms. The second kappa shape index (κ2) is 7.64. The van der Waals surface area contributed by atoms with Gasteiger partial charge in [0, 0.05) is 38.2 Å². The predicted molar refractivity (Wildman–Crippen MR) is 111 cm³/mol. The number of aryl methyl sites for hydroxylation is 2. The second-order valence-corrected chi connectivity index (χ2v) is 8.13. The van der Waals surface area contributed by atoms with Crippen LogP contribution in [0.15, 0.2) is 35.1 Å². The van der Waals surface area contributed by atoms with Gasteiger partial charge in [0.2, 0.25) is 17.6 Å². The van der Waals surface area contributed by atoms with Crippen molar-refractivity contribution < 1.29 is 14.1 Å². The highest BCUT2D eigenvalue weighted by molar-refractivity contribution is 5.94. The fourth-order valence-electron chi connectivity index (χ4n) is 4.20. The summed E-state index contributed by atoms with van der Waals surface area (Å²) in [5.41, 5.74) is 3.78. The van der Waals surface area contributed by atoms with E-state index in [1.807, 2.05) is 19.1 Å². The molecule has 160 valence electrons. The van der Waals surface area contributed by atoms with E-state index >= 15 is 0 Å². The fourth-order valence-corrected chi connectivity index (χ4v) is 4.20. The molecule has 31 heavy (non-hydrogen) atoms. The third kappa shape index (κ3) is 3.60. The Morgan fingerprint density at radius 1 is 1.29 bits per heavy atom. The Bertz CT molecular complexity index is 1140. The highest BCUT2D eigenvalue weighted by atomic mass is 16.5. The third-order valence-corrected chi connectivity index (χ3v) is 6.10. The van der Waals surface area contributed by atoms with E-state index in [0.29, 0.717) is 36.8 Å². The maximum Gasteiger partial charge on any atom is 0.254 e. The van der Waals surface area contributed by atoms with E-state index in [0.717, 1.165) is 24.0 Å². The summed E-state index contributed by atoms with van der Waals surface area (Å²) in [5, 5.41) is 11.5. The lowest BCUT2D eigenvalue weighted by atomic mass is 10.0. The number of amides is 2. The summed E-state index contributed by atoms with van der Waals surface area (Å²) >= 11 is 0. The number of aromatic nitrogens is 4. The molecular formula is C22H24N6O3. The van der Waals surface area contributed by atoms with E-state index in [1.54, 1.807) is 28.9 Å². The fraction of sp³-hybridized carbons (Fsp3) is 0.409. The Morgan fingerprint density at radius 2 is 2.13 bits per heavy atom. The zero-order chi connectivity index (χ0) is 21.5. The molecule has 1 saturated heterocycles. The second-order valence-electron chi connectivity index (χ2n) is 8.13. The number of nitrogens with one attached hydrogen (secondary N) is 1. The van der Waals surface area contributed by atoms with Gasteiger partial charge in [-0.3, -0.25) is 14.3 Å². The summed E-state index contributed by atoms with van der Waals surface area (Å²) in [6, 6.07) is 6.20. The molecule has 9 nitrogen and oxygen atoms in total. The summed E-state index contributed by atoms with van der Waals surface area (Å²) < 4.78 is 6.99. The first-order chi connectivity index (χ1) is 15.0. The van der Waals surface area contributed by atoms with Gasteiger partial charge in [0.05, 0.1) is 23.8 Å². The number of hydrogen-bond acceptors (Lipinski definition) is 6. The van der Waals surface area contributed by atoms with E-state index < -0.39 is 0 Å². The third-order valence-electron chi connectivity index (χ3n) is 6.10. The summed E-state index contributed by atoms with van der Waals surface area (Å²) in [6.07, 6.45) is 5.79. The average molecular weight is 420 g/mol. The number of hydrogen-bond donors (Lipinski definition) is 1. The normalized spacial score (nSPS) is 18.0. The van der Waals surface area contributed by atoms with Crippen LogP contribution >= 0.6 is 0 Å². The standard InChI is InChI=1S/C22H24N6O3/c1-3-20-25-21(26-31-20)15-4-6-18-14(8-15)5-7-19(18)24-22(30)16-9-23-28(10-16)17-11-27(12-17)13(2)29/h4,6,8-10,17,19H,3,5,7,11-12H2,1-2H3,(H,24,30)/t19-/m1/s1. The molecule has 5 rings (SSSR count). The van der Waals surface area contributed by atoms with E-state index in [1.165, 1.54) is 5.56 Å². The highest BCUT2D eigenvalue weighted by Gasteiger charge is 2.31. The van der Waals surface area contributed by atoms with Crippen LogP contribution in [0, 0.1) is 0 Å². The molecule has 2 amide bonds. The Balaban J connectivity index is 1.25. The molecule has 0 radical (unpaired) electrons. The van der Waals surface area contributed by atoms with Crippen LogP contribution in [0.3, 0.4) is 0 Å². The topological polar surface area (TPSA) is 106 Å². The largest absolute Gasteiger partial charge is 0.345 e. The molecule has 1 aliphatic carbocycles. The molecule has 0 saturated carbocycles. The van der Waals surface area contributed by atoms with Gasteiger partial charge >= 0.3 is 0 Å². The molecule has 1 fully saturated rings. The van der Waals surface area contributed by atoms with Crippen molar-refractivity contribution in [2.75, 3.05) is 13.1 Å². The van der Waals surface area contributed by atoms with Crippen LogP contribution in [0.1, 0.15) is 59.7 Å². The van der Waals surface area contributed by atoms with Crippen molar-refractivity contribution in [3.05, 3.63) is 53.2 Å². The molecule has 1 aliphatic heterocycles. The van der Waals surface area contributed by atoms with Gasteiger partial charge in [-0.15, -0.1) is 0 Å². The van der Waals surface area contributed by atoms with Crippen LogP contribution in [0.2, 0.25) is 0 Å². The molecule has 3 aromatic rings. The minimum Gasteiger partial charge on any atom is -0.345 e. The zero-order valence-corrected chi connectivity index (χ0v) is 17.5. The Hall–Kier alpha value is -3.49. The highest BCUT2D eigenvalue weighted by Crippen LogP contribution is 2.34. The first-order valence-electron chi connectivity index (χ1n) is 10.6. The van der Waals surface area contributed by atoms with Gasteiger partial charge < -0.3 is 14.7 Å². The Labute approximate surface area is 179 Å². The molecule has 0 spiro atoms.